The Hall–Kier alpha value is -1.66. The van der Waals surface area contributed by atoms with E-state index in [2.05, 4.69) is 39.6 Å². The number of carbonyl (C=O) groups excluding carboxylic acids is 1. The molecule has 3 rings (SSSR count). The monoisotopic (exact) mass is 346 g/mol. The van der Waals surface area contributed by atoms with Crippen LogP contribution in [-0.4, -0.2) is 52.3 Å². The number of nitrogens with one attached hydrogen (secondary N) is 2. The summed E-state index contributed by atoms with van der Waals surface area (Å²) in [4.78, 5) is 18.7. The van der Waals surface area contributed by atoms with E-state index in [0.29, 0.717) is 6.04 Å². The number of urea groups is 1. The van der Waals surface area contributed by atoms with Crippen LogP contribution in [-0.2, 0) is 0 Å². The molecule has 25 heavy (non-hydrogen) atoms. The van der Waals surface area contributed by atoms with Crippen LogP contribution in [0.5, 0.6) is 0 Å². The normalized spacial score (nSPS) is 26.8. The van der Waals surface area contributed by atoms with Crippen molar-refractivity contribution < 1.29 is 9.90 Å². The highest BCUT2D eigenvalue weighted by Crippen LogP contribution is 2.24. The van der Waals surface area contributed by atoms with E-state index in [1.807, 2.05) is 12.4 Å². The molecule has 1 aromatic rings. The van der Waals surface area contributed by atoms with Gasteiger partial charge in [0.15, 0.2) is 0 Å². The molecule has 0 aromatic carbocycles. The zero-order chi connectivity index (χ0) is 17.6. The topological polar surface area (TPSA) is 77.5 Å². The van der Waals surface area contributed by atoms with Crippen LogP contribution in [0.1, 0.15) is 57.1 Å². The van der Waals surface area contributed by atoms with E-state index < -0.39 is 6.10 Å². The van der Waals surface area contributed by atoms with Gasteiger partial charge >= 0.3 is 6.03 Å². The predicted octanol–water partition coefficient (Wildman–Crippen LogP) is 2.21. The minimum Gasteiger partial charge on any atom is -0.391 e. The number of piperidine rings is 1. The third kappa shape index (κ3) is 4.92. The molecule has 1 saturated carbocycles. The molecule has 6 nitrogen and oxygen atoms in total. The second-order valence-corrected chi connectivity index (χ2v) is 7.34. The van der Waals surface area contributed by atoms with Gasteiger partial charge in [0.25, 0.3) is 0 Å². The fourth-order valence-electron chi connectivity index (χ4n) is 3.96. The first-order chi connectivity index (χ1) is 12.1. The van der Waals surface area contributed by atoms with Crippen molar-refractivity contribution >= 4 is 6.03 Å². The van der Waals surface area contributed by atoms with Gasteiger partial charge in [0.05, 0.1) is 12.1 Å². The van der Waals surface area contributed by atoms with Gasteiger partial charge in [-0.3, -0.25) is 9.88 Å². The lowest BCUT2D eigenvalue weighted by molar-refractivity contribution is 0.0931. The summed E-state index contributed by atoms with van der Waals surface area (Å²) in [5.41, 5.74) is 1.28. The Morgan fingerprint density at radius 3 is 2.52 bits per heavy atom. The Balaban J connectivity index is 1.42. The standard InChI is InChI=1S/C19H30N4O2/c1-14(15-6-10-20-11-7-15)23-12-8-16(9-13-23)21-19(25)22-17-4-2-3-5-18(17)24/h6-7,10-11,14,16-18,24H,2-5,8-9,12-13H2,1H3,(H2,21,22,25)/t14-,17-,18+/m1/s1. The average molecular weight is 346 g/mol. The minimum atomic E-state index is -0.400. The van der Waals surface area contributed by atoms with E-state index >= 15 is 0 Å². The maximum atomic E-state index is 12.2. The number of carbonyl (C=O) groups is 1. The molecule has 2 heterocycles. The smallest absolute Gasteiger partial charge is 0.315 e. The van der Waals surface area contributed by atoms with E-state index in [-0.39, 0.29) is 18.1 Å². The number of likely N-dealkylation sites (tertiary alicyclic amines) is 1. The quantitative estimate of drug-likeness (QED) is 0.781. The summed E-state index contributed by atoms with van der Waals surface area (Å²) in [6, 6.07) is 4.49. The SMILES string of the molecule is C[C@H](c1ccncc1)N1CCC(NC(=O)N[C@@H]2CCCC[C@@H]2O)CC1. The van der Waals surface area contributed by atoms with Gasteiger partial charge in [-0.15, -0.1) is 0 Å². The second-order valence-electron chi connectivity index (χ2n) is 7.34. The molecule has 2 aliphatic rings. The maximum Gasteiger partial charge on any atom is 0.315 e. The molecule has 2 amide bonds. The third-order valence-corrected chi connectivity index (χ3v) is 5.65. The molecule has 6 heteroatoms. The molecule has 1 aromatic heterocycles. The van der Waals surface area contributed by atoms with Gasteiger partial charge < -0.3 is 15.7 Å². The van der Waals surface area contributed by atoms with Gasteiger partial charge in [-0.25, -0.2) is 4.79 Å². The third-order valence-electron chi connectivity index (χ3n) is 5.65. The lowest BCUT2D eigenvalue weighted by Crippen LogP contribution is -2.53. The van der Waals surface area contributed by atoms with E-state index in [0.717, 1.165) is 51.6 Å². The predicted molar refractivity (Wildman–Crippen MR) is 97.2 cm³/mol. The highest BCUT2D eigenvalue weighted by atomic mass is 16.3. The first kappa shape index (κ1) is 18.1. The lowest BCUT2D eigenvalue weighted by Gasteiger charge is -2.37. The van der Waals surface area contributed by atoms with Crippen molar-refractivity contribution in [2.24, 2.45) is 0 Å². The van der Waals surface area contributed by atoms with E-state index in [9.17, 15) is 9.90 Å². The molecule has 1 aliphatic heterocycles. The summed E-state index contributed by atoms with van der Waals surface area (Å²) < 4.78 is 0. The van der Waals surface area contributed by atoms with Gasteiger partial charge in [0.1, 0.15) is 0 Å². The number of hydrogen-bond acceptors (Lipinski definition) is 4. The zero-order valence-corrected chi connectivity index (χ0v) is 15.0. The summed E-state index contributed by atoms with van der Waals surface area (Å²) in [6.45, 7) is 4.17. The summed E-state index contributed by atoms with van der Waals surface area (Å²) >= 11 is 0. The van der Waals surface area contributed by atoms with Crippen LogP contribution in [0, 0.1) is 0 Å². The van der Waals surface area contributed by atoms with Crippen LogP contribution in [0.15, 0.2) is 24.5 Å². The fraction of sp³-hybridized carbons (Fsp3) is 0.684. The summed E-state index contributed by atoms with van der Waals surface area (Å²) in [7, 11) is 0. The molecule has 138 valence electrons. The van der Waals surface area contributed by atoms with Crippen LogP contribution in [0.25, 0.3) is 0 Å². The molecule has 1 saturated heterocycles. The average Bonchev–Trinajstić information content (AvgIpc) is 2.64. The number of nitrogens with zero attached hydrogens (tertiary/aromatic N) is 2. The van der Waals surface area contributed by atoms with Crippen LogP contribution in [0.2, 0.25) is 0 Å². The Kier molecular flexibility index (Phi) is 6.26. The lowest BCUT2D eigenvalue weighted by atomic mass is 9.93. The number of rotatable bonds is 4. The van der Waals surface area contributed by atoms with E-state index in [1.54, 1.807) is 0 Å². The largest absolute Gasteiger partial charge is 0.391 e. The van der Waals surface area contributed by atoms with Crippen molar-refractivity contribution in [3.63, 3.8) is 0 Å². The Bertz CT molecular complexity index is 546. The highest BCUT2D eigenvalue weighted by Gasteiger charge is 2.27. The van der Waals surface area contributed by atoms with Crippen LogP contribution in [0.3, 0.4) is 0 Å². The maximum absolute atomic E-state index is 12.2. The van der Waals surface area contributed by atoms with Gasteiger partial charge in [0, 0.05) is 37.6 Å². The molecule has 0 unspecified atom stereocenters. The van der Waals surface area contributed by atoms with Crippen molar-refractivity contribution in [2.45, 2.75) is 69.7 Å². The molecule has 3 atom stereocenters. The fourth-order valence-corrected chi connectivity index (χ4v) is 3.96. The highest BCUT2D eigenvalue weighted by molar-refractivity contribution is 5.74. The Morgan fingerprint density at radius 1 is 1.16 bits per heavy atom. The molecule has 0 bridgehead atoms. The summed E-state index contributed by atoms with van der Waals surface area (Å²) in [5.74, 6) is 0. The molecule has 0 radical (unpaired) electrons. The number of aliphatic hydroxyl groups excluding tert-OH is 1. The number of aliphatic hydroxyl groups is 1. The van der Waals surface area contributed by atoms with Crippen molar-refractivity contribution in [1.29, 1.82) is 0 Å². The van der Waals surface area contributed by atoms with Gasteiger partial charge in [-0.2, -0.15) is 0 Å². The molecular formula is C19H30N4O2. The first-order valence-electron chi connectivity index (χ1n) is 9.52. The van der Waals surface area contributed by atoms with Gasteiger partial charge in [-0.1, -0.05) is 12.8 Å². The summed E-state index contributed by atoms with van der Waals surface area (Å²) in [5, 5.41) is 16.0. The number of amides is 2. The number of pyridine rings is 1. The minimum absolute atomic E-state index is 0.0967. The second kappa shape index (κ2) is 8.63. The number of hydrogen-bond donors (Lipinski definition) is 3. The molecule has 1 aliphatic carbocycles. The van der Waals surface area contributed by atoms with Crippen LogP contribution >= 0.6 is 0 Å². The molecular weight excluding hydrogens is 316 g/mol. The van der Waals surface area contributed by atoms with Crippen molar-refractivity contribution in [3.8, 4) is 0 Å². The van der Waals surface area contributed by atoms with Crippen molar-refractivity contribution in [2.75, 3.05) is 13.1 Å². The van der Waals surface area contributed by atoms with Crippen LogP contribution < -0.4 is 10.6 Å². The first-order valence-corrected chi connectivity index (χ1v) is 9.52. The molecule has 0 spiro atoms. The summed E-state index contributed by atoms with van der Waals surface area (Å²) in [6.07, 6.45) is 8.97. The van der Waals surface area contributed by atoms with Crippen LogP contribution in [0.4, 0.5) is 4.79 Å². The van der Waals surface area contributed by atoms with E-state index in [4.69, 9.17) is 0 Å². The molecule has 2 fully saturated rings. The Morgan fingerprint density at radius 2 is 1.84 bits per heavy atom. The van der Waals surface area contributed by atoms with E-state index in [1.165, 1.54) is 5.56 Å². The van der Waals surface area contributed by atoms with Crippen molar-refractivity contribution in [1.82, 2.24) is 20.5 Å². The van der Waals surface area contributed by atoms with Gasteiger partial charge in [-0.05, 0) is 50.3 Å². The zero-order valence-electron chi connectivity index (χ0n) is 15.0. The Labute approximate surface area is 150 Å². The number of aromatic nitrogens is 1. The van der Waals surface area contributed by atoms with Crippen molar-refractivity contribution in [3.05, 3.63) is 30.1 Å². The molecule has 3 N–H and O–H groups in total. The van der Waals surface area contributed by atoms with Gasteiger partial charge in [0.2, 0.25) is 0 Å².